The van der Waals surface area contributed by atoms with E-state index in [9.17, 15) is 4.79 Å². The van der Waals surface area contributed by atoms with Crippen LogP contribution in [-0.4, -0.2) is 5.91 Å². The predicted octanol–water partition coefficient (Wildman–Crippen LogP) is 4.01. The Morgan fingerprint density at radius 3 is 2.48 bits per heavy atom. The molecule has 1 aliphatic rings. The molecule has 1 saturated carbocycles. The van der Waals surface area contributed by atoms with Crippen molar-refractivity contribution in [3.8, 4) is 0 Å². The van der Waals surface area contributed by atoms with Crippen LogP contribution in [0.25, 0.3) is 0 Å². The van der Waals surface area contributed by atoms with Gasteiger partial charge in [0.05, 0.1) is 5.41 Å². The topological polar surface area (TPSA) is 55.1 Å². The van der Waals surface area contributed by atoms with E-state index in [0.29, 0.717) is 0 Å². The summed E-state index contributed by atoms with van der Waals surface area (Å²) in [5.41, 5.74) is 9.01. The van der Waals surface area contributed by atoms with Crippen LogP contribution in [0.2, 0.25) is 0 Å². The standard InChI is InChI=1S/C17H17BrN2O/c1-11-2-5-13(18)10-15(11)20-16(21)17(8-9-17)12-3-6-14(19)7-4-12/h2-7,10H,8-9,19H2,1H3,(H,20,21). The maximum atomic E-state index is 12.7. The predicted molar refractivity (Wildman–Crippen MR) is 89.3 cm³/mol. The van der Waals surface area contributed by atoms with Crippen LogP contribution in [0.15, 0.2) is 46.9 Å². The van der Waals surface area contributed by atoms with Crippen molar-refractivity contribution in [1.29, 1.82) is 0 Å². The molecule has 108 valence electrons. The summed E-state index contributed by atoms with van der Waals surface area (Å²) in [4.78, 5) is 12.7. The average Bonchev–Trinajstić information content (AvgIpc) is 3.25. The van der Waals surface area contributed by atoms with Crippen molar-refractivity contribution in [3.05, 3.63) is 58.1 Å². The number of aryl methyl sites for hydroxylation is 1. The van der Waals surface area contributed by atoms with Crippen LogP contribution in [-0.2, 0) is 10.2 Å². The van der Waals surface area contributed by atoms with Crippen LogP contribution < -0.4 is 11.1 Å². The SMILES string of the molecule is Cc1ccc(Br)cc1NC(=O)C1(c2ccc(N)cc2)CC1. The molecule has 3 nitrogen and oxygen atoms in total. The zero-order chi connectivity index (χ0) is 15.0. The first-order valence-corrected chi connectivity index (χ1v) is 7.74. The quantitative estimate of drug-likeness (QED) is 0.826. The molecular formula is C17H17BrN2O. The van der Waals surface area contributed by atoms with E-state index in [1.165, 1.54) is 0 Å². The van der Waals surface area contributed by atoms with Gasteiger partial charge in [0.15, 0.2) is 0 Å². The summed E-state index contributed by atoms with van der Waals surface area (Å²) in [6, 6.07) is 13.5. The first-order valence-electron chi connectivity index (χ1n) is 6.95. The molecule has 0 aromatic heterocycles. The largest absolute Gasteiger partial charge is 0.399 e. The molecule has 0 heterocycles. The molecule has 2 aromatic rings. The number of carbonyl (C=O) groups excluding carboxylic acids is 1. The zero-order valence-electron chi connectivity index (χ0n) is 11.8. The van der Waals surface area contributed by atoms with Gasteiger partial charge in [0.25, 0.3) is 0 Å². The van der Waals surface area contributed by atoms with Crippen molar-refractivity contribution in [1.82, 2.24) is 0 Å². The molecule has 1 aliphatic carbocycles. The Balaban J connectivity index is 1.85. The van der Waals surface area contributed by atoms with E-state index in [-0.39, 0.29) is 11.3 Å². The number of carbonyl (C=O) groups is 1. The first-order chi connectivity index (χ1) is 10.0. The van der Waals surface area contributed by atoms with Crippen LogP contribution in [0.3, 0.4) is 0 Å². The highest BCUT2D eigenvalue weighted by Gasteiger charge is 2.51. The number of halogens is 1. The van der Waals surface area contributed by atoms with Crippen LogP contribution in [0.4, 0.5) is 11.4 Å². The Hall–Kier alpha value is -1.81. The summed E-state index contributed by atoms with van der Waals surface area (Å²) >= 11 is 3.44. The monoisotopic (exact) mass is 344 g/mol. The molecular weight excluding hydrogens is 328 g/mol. The third-order valence-corrected chi connectivity index (χ3v) is 4.59. The van der Waals surface area contributed by atoms with Gasteiger partial charge < -0.3 is 11.1 Å². The summed E-state index contributed by atoms with van der Waals surface area (Å²) in [6.45, 7) is 1.99. The highest BCUT2D eigenvalue weighted by atomic mass is 79.9. The summed E-state index contributed by atoms with van der Waals surface area (Å²) in [5.74, 6) is 0.0634. The maximum absolute atomic E-state index is 12.7. The van der Waals surface area contributed by atoms with Crippen molar-refractivity contribution >= 4 is 33.2 Å². The molecule has 0 atom stereocenters. The molecule has 21 heavy (non-hydrogen) atoms. The lowest BCUT2D eigenvalue weighted by Crippen LogP contribution is -2.28. The fourth-order valence-electron chi connectivity index (χ4n) is 2.54. The molecule has 0 unspecified atom stereocenters. The Bertz CT molecular complexity index is 690. The summed E-state index contributed by atoms with van der Waals surface area (Å²) in [6.07, 6.45) is 1.77. The number of benzene rings is 2. The molecule has 4 heteroatoms. The van der Waals surface area contributed by atoms with Crippen LogP contribution in [0.5, 0.6) is 0 Å². The van der Waals surface area contributed by atoms with E-state index in [1.807, 2.05) is 49.4 Å². The summed E-state index contributed by atoms with van der Waals surface area (Å²) < 4.78 is 0.959. The summed E-state index contributed by atoms with van der Waals surface area (Å²) in [7, 11) is 0. The third-order valence-electron chi connectivity index (χ3n) is 4.10. The number of anilines is 2. The van der Waals surface area contributed by atoms with Gasteiger partial charge in [-0.2, -0.15) is 0 Å². The van der Waals surface area contributed by atoms with Gasteiger partial charge in [-0.1, -0.05) is 34.1 Å². The third kappa shape index (κ3) is 2.68. The van der Waals surface area contributed by atoms with E-state index in [2.05, 4.69) is 21.2 Å². The number of nitrogens with one attached hydrogen (secondary N) is 1. The number of nitrogen functional groups attached to an aromatic ring is 1. The Labute approximate surface area is 132 Å². The van der Waals surface area contributed by atoms with Gasteiger partial charge >= 0.3 is 0 Å². The average molecular weight is 345 g/mol. The minimum absolute atomic E-state index is 0.0634. The fourth-order valence-corrected chi connectivity index (χ4v) is 2.91. The number of rotatable bonds is 3. The smallest absolute Gasteiger partial charge is 0.235 e. The minimum Gasteiger partial charge on any atom is -0.399 e. The fraction of sp³-hybridized carbons (Fsp3) is 0.235. The van der Waals surface area contributed by atoms with Gasteiger partial charge in [-0.05, 0) is 55.2 Å². The second kappa shape index (κ2) is 5.19. The van der Waals surface area contributed by atoms with Crippen LogP contribution >= 0.6 is 15.9 Å². The highest BCUT2D eigenvalue weighted by Crippen LogP contribution is 2.49. The zero-order valence-corrected chi connectivity index (χ0v) is 13.4. The van der Waals surface area contributed by atoms with Gasteiger partial charge in [0.1, 0.15) is 0 Å². The van der Waals surface area contributed by atoms with E-state index in [0.717, 1.165) is 39.8 Å². The molecule has 0 bridgehead atoms. The molecule has 3 N–H and O–H groups in total. The number of hydrogen-bond acceptors (Lipinski definition) is 2. The van der Waals surface area contributed by atoms with Crippen molar-refractivity contribution in [2.75, 3.05) is 11.1 Å². The van der Waals surface area contributed by atoms with Crippen LogP contribution in [0.1, 0.15) is 24.0 Å². The van der Waals surface area contributed by atoms with Gasteiger partial charge in [-0.3, -0.25) is 4.79 Å². The van der Waals surface area contributed by atoms with Crippen molar-refractivity contribution in [2.45, 2.75) is 25.2 Å². The maximum Gasteiger partial charge on any atom is 0.235 e. The summed E-state index contributed by atoms with van der Waals surface area (Å²) in [5, 5.41) is 3.07. The van der Waals surface area contributed by atoms with Gasteiger partial charge in [-0.25, -0.2) is 0 Å². The minimum atomic E-state index is -0.386. The number of hydrogen-bond donors (Lipinski definition) is 2. The second-order valence-electron chi connectivity index (χ2n) is 5.62. The van der Waals surface area contributed by atoms with Gasteiger partial charge in [0, 0.05) is 15.8 Å². The number of amides is 1. The lowest BCUT2D eigenvalue weighted by Gasteiger charge is -2.17. The van der Waals surface area contributed by atoms with Crippen LogP contribution in [0, 0.1) is 6.92 Å². The van der Waals surface area contributed by atoms with Crippen molar-refractivity contribution in [2.24, 2.45) is 0 Å². The molecule has 0 spiro atoms. The van der Waals surface area contributed by atoms with E-state index < -0.39 is 0 Å². The molecule has 1 fully saturated rings. The van der Waals surface area contributed by atoms with E-state index in [4.69, 9.17) is 5.73 Å². The molecule has 2 aromatic carbocycles. The first kappa shape index (κ1) is 14.1. The highest BCUT2D eigenvalue weighted by molar-refractivity contribution is 9.10. The molecule has 1 amide bonds. The normalized spacial score (nSPS) is 15.5. The van der Waals surface area contributed by atoms with Gasteiger partial charge in [0.2, 0.25) is 5.91 Å². The van der Waals surface area contributed by atoms with E-state index >= 15 is 0 Å². The van der Waals surface area contributed by atoms with Crippen molar-refractivity contribution in [3.63, 3.8) is 0 Å². The lowest BCUT2D eigenvalue weighted by molar-refractivity contribution is -0.118. The molecule has 0 saturated heterocycles. The molecule has 0 radical (unpaired) electrons. The van der Waals surface area contributed by atoms with E-state index in [1.54, 1.807) is 0 Å². The van der Waals surface area contributed by atoms with Gasteiger partial charge in [-0.15, -0.1) is 0 Å². The molecule has 0 aliphatic heterocycles. The Morgan fingerprint density at radius 2 is 1.86 bits per heavy atom. The number of nitrogens with two attached hydrogens (primary N) is 1. The Morgan fingerprint density at radius 1 is 1.19 bits per heavy atom. The second-order valence-corrected chi connectivity index (χ2v) is 6.53. The molecule has 3 rings (SSSR count). The Kier molecular flexibility index (Phi) is 3.49. The lowest BCUT2D eigenvalue weighted by atomic mass is 9.94. The van der Waals surface area contributed by atoms with Crippen molar-refractivity contribution < 1.29 is 4.79 Å².